The minimum absolute atomic E-state index is 0.00448. The maximum absolute atomic E-state index is 11.9. The van der Waals surface area contributed by atoms with Crippen LogP contribution >= 0.6 is 15.9 Å². The van der Waals surface area contributed by atoms with Gasteiger partial charge in [0.2, 0.25) is 0 Å². The fourth-order valence-corrected chi connectivity index (χ4v) is 2.48. The van der Waals surface area contributed by atoms with Gasteiger partial charge in [-0.3, -0.25) is 9.36 Å². The molecule has 0 bridgehead atoms. The predicted molar refractivity (Wildman–Crippen MR) is 69.1 cm³/mol. The van der Waals surface area contributed by atoms with Crippen molar-refractivity contribution in [3.05, 3.63) is 26.8 Å². The van der Waals surface area contributed by atoms with Crippen molar-refractivity contribution in [2.45, 2.75) is 45.3 Å². The Kier molecular flexibility index (Phi) is 4.34. The zero-order valence-electron chi connectivity index (χ0n) is 9.99. The average molecular weight is 301 g/mol. The van der Waals surface area contributed by atoms with Crippen LogP contribution in [0, 0.1) is 6.92 Å². The van der Waals surface area contributed by atoms with Crippen molar-refractivity contribution in [2.75, 3.05) is 6.61 Å². The molecule has 94 valence electrons. The van der Waals surface area contributed by atoms with Crippen LogP contribution < -0.4 is 5.56 Å². The first-order chi connectivity index (χ1) is 8.18. The number of nitrogens with zero attached hydrogens (tertiary/aromatic N) is 2. The van der Waals surface area contributed by atoms with E-state index >= 15 is 0 Å². The highest BCUT2D eigenvalue weighted by molar-refractivity contribution is 9.10. The molecule has 1 aromatic rings. The van der Waals surface area contributed by atoms with Crippen molar-refractivity contribution < 1.29 is 4.74 Å². The lowest BCUT2D eigenvalue weighted by atomic mass is 10.1. The number of hydrogen-bond donors (Lipinski definition) is 0. The van der Waals surface area contributed by atoms with Gasteiger partial charge in [-0.1, -0.05) is 0 Å². The standard InChI is InChI=1S/C12H17BrN2O2/c1-9-14-8-11(13)12(16)15(9)6-2-4-10-5-3-7-17-10/h8,10H,2-7H2,1H3. The monoisotopic (exact) mass is 300 g/mol. The third-order valence-electron chi connectivity index (χ3n) is 3.14. The summed E-state index contributed by atoms with van der Waals surface area (Å²) in [6.45, 7) is 3.47. The highest BCUT2D eigenvalue weighted by atomic mass is 79.9. The van der Waals surface area contributed by atoms with E-state index in [2.05, 4.69) is 20.9 Å². The second-order valence-electron chi connectivity index (χ2n) is 4.39. The molecule has 0 radical (unpaired) electrons. The fraction of sp³-hybridized carbons (Fsp3) is 0.667. The molecule has 2 rings (SSSR count). The van der Waals surface area contributed by atoms with E-state index in [-0.39, 0.29) is 5.56 Å². The quantitative estimate of drug-likeness (QED) is 0.857. The number of ether oxygens (including phenoxy) is 1. The summed E-state index contributed by atoms with van der Waals surface area (Å²) in [5, 5.41) is 0. The molecule has 1 fully saturated rings. The van der Waals surface area contributed by atoms with Crippen LogP contribution in [0.5, 0.6) is 0 Å². The lowest BCUT2D eigenvalue weighted by Gasteiger charge is -2.11. The van der Waals surface area contributed by atoms with Crippen LogP contribution in [-0.2, 0) is 11.3 Å². The molecule has 0 aromatic carbocycles. The van der Waals surface area contributed by atoms with Gasteiger partial charge in [0.25, 0.3) is 5.56 Å². The Morgan fingerprint density at radius 3 is 3.18 bits per heavy atom. The van der Waals surface area contributed by atoms with Gasteiger partial charge in [0.15, 0.2) is 0 Å². The van der Waals surface area contributed by atoms with E-state index in [9.17, 15) is 4.79 Å². The zero-order chi connectivity index (χ0) is 12.3. The van der Waals surface area contributed by atoms with E-state index in [1.807, 2.05) is 6.92 Å². The minimum Gasteiger partial charge on any atom is -0.378 e. The number of hydrogen-bond acceptors (Lipinski definition) is 3. The van der Waals surface area contributed by atoms with Crippen LogP contribution in [0.2, 0.25) is 0 Å². The van der Waals surface area contributed by atoms with Crippen LogP contribution in [0.25, 0.3) is 0 Å². The molecule has 0 amide bonds. The summed E-state index contributed by atoms with van der Waals surface area (Å²) < 4.78 is 7.81. The molecule has 1 unspecified atom stereocenters. The van der Waals surface area contributed by atoms with Crippen molar-refractivity contribution >= 4 is 15.9 Å². The molecule has 5 heteroatoms. The predicted octanol–water partition coefficient (Wildman–Crippen LogP) is 2.27. The maximum atomic E-state index is 11.9. The van der Waals surface area contributed by atoms with Crippen LogP contribution in [0.1, 0.15) is 31.5 Å². The smallest absolute Gasteiger partial charge is 0.267 e. The Balaban J connectivity index is 1.94. The summed E-state index contributed by atoms with van der Waals surface area (Å²) in [6, 6.07) is 0. The van der Waals surface area contributed by atoms with Gasteiger partial charge in [-0.2, -0.15) is 0 Å². The summed E-state index contributed by atoms with van der Waals surface area (Å²) in [7, 11) is 0. The SMILES string of the molecule is Cc1ncc(Br)c(=O)n1CCCC1CCCO1. The Labute approximate surface area is 109 Å². The molecule has 0 aliphatic carbocycles. The summed E-state index contributed by atoms with van der Waals surface area (Å²) in [5.74, 6) is 0.769. The molecule has 0 N–H and O–H groups in total. The molecule has 1 saturated heterocycles. The summed E-state index contributed by atoms with van der Waals surface area (Å²) in [5.41, 5.74) is 0.00448. The third-order valence-corrected chi connectivity index (χ3v) is 3.68. The van der Waals surface area contributed by atoms with Gasteiger partial charge in [0.1, 0.15) is 10.3 Å². The molecule has 1 atom stereocenters. The topological polar surface area (TPSA) is 44.1 Å². The van der Waals surface area contributed by atoms with Crippen LogP contribution in [0.3, 0.4) is 0 Å². The van der Waals surface area contributed by atoms with E-state index in [0.29, 0.717) is 10.6 Å². The Morgan fingerprint density at radius 2 is 2.47 bits per heavy atom. The molecule has 2 heterocycles. The second kappa shape index (κ2) is 5.78. The fourth-order valence-electron chi connectivity index (χ4n) is 2.16. The molecular weight excluding hydrogens is 284 g/mol. The summed E-state index contributed by atoms with van der Waals surface area (Å²) >= 11 is 3.22. The van der Waals surface area contributed by atoms with E-state index in [1.54, 1.807) is 10.8 Å². The van der Waals surface area contributed by atoms with Crippen molar-refractivity contribution in [1.82, 2.24) is 9.55 Å². The van der Waals surface area contributed by atoms with E-state index in [1.165, 1.54) is 6.42 Å². The van der Waals surface area contributed by atoms with Gasteiger partial charge >= 0.3 is 0 Å². The Morgan fingerprint density at radius 1 is 1.65 bits per heavy atom. The van der Waals surface area contributed by atoms with E-state index in [0.717, 1.165) is 38.2 Å². The highest BCUT2D eigenvalue weighted by Gasteiger charge is 2.15. The first-order valence-electron chi connectivity index (χ1n) is 6.02. The Bertz CT molecular complexity index is 439. The first kappa shape index (κ1) is 12.8. The third kappa shape index (κ3) is 3.16. The Hall–Kier alpha value is -0.680. The lowest BCUT2D eigenvalue weighted by molar-refractivity contribution is 0.101. The number of rotatable bonds is 4. The minimum atomic E-state index is 0.00448. The van der Waals surface area contributed by atoms with Crippen molar-refractivity contribution in [3.8, 4) is 0 Å². The summed E-state index contributed by atoms with van der Waals surface area (Å²) in [4.78, 5) is 16.0. The van der Waals surface area contributed by atoms with Gasteiger partial charge in [-0.05, 0) is 48.5 Å². The summed E-state index contributed by atoms with van der Waals surface area (Å²) in [6.07, 6.45) is 6.27. The van der Waals surface area contributed by atoms with Crippen molar-refractivity contribution in [3.63, 3.8) is 0 Å². The van der Waals surface area contributed by atoms with E-state index in [4.69, 9.17) is 4.74 Å². The zero-order valence-corrected chi connectivity index (χ0v) is 11.6. The highest BCUT2D eigenvalue weighted by Crippen LogP contribution is 2.17. The second-order valence-corrected chi connectivity index (χ2v) is 5.24. The van der Waals surface area contributed by atoms with Crippen LogP contribution in [0.15, 0.2) is 15.5 Å². The normalized spacial score (nSPS) is 19.8. The first-order valence-corrected chi connectivity index (χ1v) is 6.81. The molecule has 0 saturated carbocycles. The van der Waals surface area contributed by atoms with Gasteiger partial charge in [-0.15, -0.1) is 0 Å². The molecule has 17 heavy (non-hydrogen) atoms. The largest absolute Gasteiger partial charge is 0.378 e. The maximum Gasteiger partial charge on any atom is 0.267 e. The molecule has 1 aliphatic heterocycles. The molecule has 1 aliphatic rings. The van der Waals surface area contributed by atoms with Gasteiger partial charge < -0.3 is 4.74 Å². The lowest BCUT2D eigenvalue weighted by Crippen LogP contribution is -2.24. The van der Waals surface area contributed by atoms with Crippen LogP contribution in [-0.4, -0.2) is 22.3 Å². The molecular formula is C12H17BrN2O2. The molecule has 4 nitrogen and oxygen atoms in total. The average Bonchev–Trinajstić information content (AvgIpc) is 2.81. The van der Waals surface area contributed by atoms with Crippen LogP contribution in [0.4, 0.5) is 0 Å². The van der Waals surface area contributed by atoms with E-state index < -0.39 is 0 Å². The number of aromatic nitrogens is 2. The van der Waals surface area contributed by atoms with Crippen molar-refractivity contribution in [2.24, 2.45) is 0 Å². The van der Waals surface area contributed by atoms with Gasteiger partial charge in [-0.25, -0.2) is 4.98 Å². The molecule has 1 aromatic heterocycles. The number of aryl methyl sites for hydroxylation is 1. The van der Waals surface area contributed by atoms with Gasteiger partial charge in [0.05, 0.1) is 6.10 Å². The molecule has 0 spiro atoms. The van der Waals surface area contributed by atoms with Gasteiger partial charge in [0, 0.05) is 19.3 Å². The van der Waals surface area contributed by atoms with Crippen molar-refractivity contribution in [1.29, 1.82) is 0 Å². The number of halogens is 1.